The van der Waals surface area contributed by atoms with Gasteiger partial charge in [0.1, 0.15) is 10.8 Å². The van der Waals surface area contributed by atoms with E-state index in [1.807, 2.05) is 30.3 Å². The Bertz CT molecular complexity index is 844. The Labute approximate surface area is 176 Å². The van der Waals surface area contributed by atoms with Crippen LogP contribution in [-0.4, -0.2) is 35.6 Å². The number of hydrogen-bond donors (Lipinski definition) is 1. The zero-order valence-corrected chi connectivity index (χ0v) is 17.3. The molecule has 2 aromatic rings. The van der Waals surface area contributed by atoms with Crippen LogP contribution in [0.2, 0.25) is 5.02 Å². The first kappa shape index (κ1) is 20.2. The second kappa shape index (κ2) is 9.63. The van der Waals surface area contributed by atoms with E-state index in [-0.39, 0.29) is 22.7 Å². The Morgan fingerprint density at radius 2 is 1.97 bits per heavy atom. The molecule has 1 unspecified atom stereocenters. The van der Waals surface area contributed by atoms with E-state index in [1.165, 1.54) is 0 Å². The van der Waals surface area contributed by atoms with Crippen LogP contribution in [0.3, 0.4) is 0 Å². The minimum Gasteiger partial charge on any atom is -0.490 e. The maximum atomic E-state index is 12.8. The molecule has 6 nitrogen and oxygen atoms in total. The minimum atomic E-state index is -0.219. The molecule has 1 N–H and O–H groups in total. The zero-order chi connectivity index (χ0) is 20.1. The highest BCUT2D eigenvalue weighted by Gasteiger charge is 2.26. The second-order valence-corrected chi connectivity index (χ2v) is 8.33. The van der Waals surface area contributed by atoms with Crippen molar-refractivity contribution in [2.24, 2.45) is 5.92 Å². The van der Waals surface area contributed by atoms with E-state index in [0.717, 1.165) is 64.0 Å². The average Bonchev–Trinajstić information content (AvgIpc) is 2.77. The summed E-state index contributed by atoms with van der Waals surface area (Å²) < 4.78 is 13.1. The van der Waals surface area contributed by atoms with Crippen LogP contribution >= 0.6 is 11.6 Å². The molecule has 2 heterocycles. The van der Waals surface area contributed by atoms with Crippen molar-refractivity contribution in [2.75, 3.05) is 25.1 Å². The number of anilines is 1. The molecule has 1 aliphatic carbocycles. The monoisotopic (exact) mass is 417 g/mol. The lowest BCUT2D eigenvalue weighted by molar-refractivity contribution is 0.0595. The number of benzene rings is 1. The fraction of sp³-hybridized carbons (Fsp3) is 0.545. The third kappa shape index (κ3) is 5.11. The van der Waals surface area contributed by atoms with Crippen LogP contribution in [-0.2, 0) is 4.74 Å². The molecule has 0 bridgehead atoms. The summed E-state index contributed by atoms with van der Waals surface area (Å²) in [5.74, 6) is 1.34. The molecule has 2 aliphatic rings. The van der Waals surface area contributed by atoms with Crippen LogP contribution in [0.1, 0.15) is 44.6 Å². The quantitative estimate of drug-likeness (QED) is 0.759. The smallest absolute Gasteiger partial charge is 0.287 e. The van der Waals surface area contributed by atoms with Crippen molar-refractivity contribution in [3.8, 4) is 5.75 Å². The van der Waals surface area contributed by atoms with Gasteiger partial charge in [-0.25, -0.2) is 4.68 Å². The van der Waals surface area contributed by atoms with Gasteiger partial charge in [-0.1, -0.05) is 29.8 Å². The third-order valence-corrected chi connectivity index (χ3v) is 6.18. The lowest BCUT2D eigenvalue weighted by Crippen LogP contribution is -2.33. The van der Waals surface area contributed by atoms with E-state index in [4.69, 9.17) is 21.1 Å². The van der Waals surface area contributed by atoms with Gasteiger partial charge in [0.25, 0.3) is 5.56 Å². The first-order chi connectivity index (χ1) is 14.2. The summed E-state index contributed by atoms with van der Waals surface area (Å²) in [6.07, 6.45) is 7.57. The molecule has 1 saturated heterocycles. The van der Waals surface area contributed by atoms with Gasteiger partial charge in [-0.15, -0.1) is 0 Å². The van der Waals surface area contributed by atoms with Crippen molar-refractivity contribution in [1.82, 2.24) is 9.78 Å². The van der Waals surface area contributed by atoms with Crippen LogP contribution in [0.15, 0.2) is 41.3 Å². The maximum Gasteiger partial charge on any atom is 0.287 e. The molecule has 0 radical (unpaired) electrons. The molecule has 1 aromatic carbocycles. The number of nitrogens with zero attached hydrogens (tertiary/aromatic N) is 2. The number of nitrogens with one attached hydrogen (secondary N) is 1. The van der Waals surface area contributed by atoms with Crippen molar-refractivity contribution in [2.45, 2.75) is 50.7 Å². The SMILES string of the molecule is O=c1c(Cl)c(NCC2CCCOC2)cnn1[C@H]1CC[C@@H](Oc2ccccc2)CC1. The number of hydrogen-bond acceptors (Lipinski definition) is 5. The Balaban J connectivity index is 1.34. The molecular formula is C22H28ClN3O3. The van der Waals surface area contributed by atoms with Gasteiger partial charge in [0.05, 0.1) is 30.6 Å². The molecule has 1 atom stereocenters. The van der Waals surface area contributed by atoms with Crippen LogP contribution in [0.5, 0.6) is 5.75 Å². The lowest BCUT2D eigenvalue weighted by Gasteiger charge is -2.29. The molecule has 156 valence electrons. The summed E-state index contributed by atoms with van der Waals surface area (Å²) in [6.45, 7) is 2.34. The summed E-state index contributed by atoms with van der Waals surface area (Å²) in [7, 11) is 0. The van der Waals surface area contributed by atoms with E-state index in [0.29, 0.717) is 11.6 Å². The van der Waals surface area contributed by atoms with Crippen molar-refractivity contribution >= 4 is 17.3 Å². The number of ether oxygens (including phenoxy) is 2. The molecule has 7 heteroatoms. The number of para-hydroxylation sites is 1. The largest absolute Gasteiger partial charge is 0.490 e. The summed E-state index contributed by atoms with van der Waals surface area (Å²) in [5, 5.41) is 7.92. The lowest BCUT2D eigenvalue weighted by atomic mass is 9.93. The Morgan fingerprint density at radius 1 is 1.17 bits per heavy atom. The van der Waals surface area contributed by atoms with Gasteiger partial charge in [0.2, 0.25) is 0 Å². The van der Waals surface area contributed by atoms with E-state index in [1.54, 1.807) is 10.9 Å². The van der Waals surface area contributed by atoms with Gasteiger partial charge in [0.15, 0.2) is 0 Å². The van der Waals surface area contributed by atoms with Gasteiger partial charge in [-0.05, 0) is 56.6 Å². The highest BCUT2D eigenvalue weighted by Crippen LogP contribution is 2.30. The van der Waals surface area contributed by atoms with Crippen LogP contribution in [0.25, 0.3) is 0 Å². The van der Waals surface area contributed by atoms with Crippen molar-refractivity contribution in [3.05, 3.63) is 51.9 Å². The molecule has 0 spiro atoms. The highest BCUT2D eigenvalue weighted by atomic mass is 35.5. The predicted molar refractivity (Wildman–Crippen MR) is 114 cm³/mol. The first-order valence-corrected chi connectivity index (χ1v) is 10.9. The van der Waals surface area contributed by atoms with Gasteiger partial charge >= 0.3 is 0 Å². The number of halogens is 1. The van der Waals surface area contributed by atoms with E-state index in [9.17, 15) is 4.79 Å². The third-order valence-electron chi connectivity index (χ3n) is 5.81. The van der Waals surface area contributed by atoms with Crippen molar-refractivity contribution in [3.63, 3.8) is 0 Å². The van der Waals surface area contributed by atoms with Gasteiger partial charge in [-0.3, -0.25) is 4.79 Å². The van der Waals surface area contributed by atoms with Crippen LogP contribution < -0.4 is 15.6 Å². The topological polar surface area (TPSA) is 65.4 Å². The fourth-order valence-corrected chi connectivity index (χ4v) is 4.35. The molecular weight excluding hydrogens is 390 g/mol. The van der Waals surface area contributed by atoms with E-state index in [2.05, 4.69) is 10.4 Å². The fourth-order valence-electron chi connectivity index (χ4n) is 4.15. The number of aromatic nitrogens is 2. The molecule has 0 amide bonds. The van der Waals surface area contributed by atoms with Crippen LogP contribution in [0.4, 0.5) is 5.69 Å². The Hall–Kier alpha value is -2.05. The molecule has 1 aliphatic heterocycles. The van der Waals surface area contributed by atoms with Gasteiger partial charge in [-0.2, -0.15) is 5.10 Å². The minimum absolute atomic E-state index is 0.0661. The molecule has 4 rings (SSSR count). The molecule has 1 saturated carbocycles. The van der Waals surface area contributed by atoms with Gasteiger partial charge in [0, 0.05) is 13.2 Å². The summed E-state index contributed by atoms with van der Waals surface area (Å²) in [4.78, 5) is 12.8. The Kier molecular flexibility index (Phi) is 6.72. The van der Waals surface area contributed by atoms with Crippen LogP contribution in [0, 0.1) is 5.92 Å². The van der Waals surface area contributed by atoms with Crippen molar-refractivity contribution in [1.29, 1.82) is 0 Å². The predicted octanol–water partition coefficient (Wildman–Crippen LogP) is 4.30. The molecule has 2 fully saturated rings. The average molecular weight is 418 g/mol. The summed E-state index contributed by atoms with van der Waals surface area (Å²) in [5.41, 5.74) is 0.392. The standard InChI is InChI=1S/C22H28ClN3O3/c23-21-20(24-13-16-5-4-12-28-15-16)14-25-26(22(21)27)17-8-10-19(11-9-17)29-18-6-2-1-3-7-18/h1-3,6-7,14,16-17,19,24H,4-5,8-13,15H2/t16?,17-,19+. The molecule has 29 heavy (non-hydrogen) atoms. The number of rotatable bonds is 6. The van der Waals surface area contributed by atoms with Crippen molar-refractivity contribution < 1.29 is 9.47 Å². The normalized spacial score (nSPS) is 24.8. The summed E-state index contributed by atoms with van der Waals surface area (Å²) >= 11 is 6.38. The van der Waals surface area contributed by atoms with E-state index < -0.39 is 0 Å². The maximum absolute atomic E-state index is 12.8. The van der Waals surface area contributed by atoms with E-state index >= 15 is 0 Å². The first-order valence-electron chi connectivity index (χ1n) is 10.5. The second-order valence-electron chi connectivity index (χ2n) is 7.95. The highest BCUT2D eigenvalue weighted by molar-refractivity contribution is 6.32. The molecule has 1 aromatic heterocycles. The zero-order valence-electron chi connectivity index (χ0n) is 16.6. The summed E-state index contributed by atoms with van der Waals surface area (Å²) in [6, 6.07) is 9.95. The van der Waals surface area contributed by atoms with Gasteiger partial charge < -0.3 is 14.8 Å². The Morgan fingerprint density at radius 3 is 2.69 bits per heavy atom.